The zero-order chi connectivity index (χ0) is 15.5. The predicted molar refractivity (Wildman–Crippen MR) is 89.7 cm³/mol. The molecule has 0 atom stereocenters. The number of nitrogens with one attached hydrogen (secondary N) is 1. The number of benzene rings is 1. The number of carbonyl (C=O) groups excluding carboxylic acids is 1. The molecule has 1 aliphatic rings. The molecule has 0 bridgehead atoms. The number of carbonyl (C=O) groups is 1. The van der Waals surface area contributed by atoms with Crippen molar-refractivity contribution in [2.24, 2.45) is 0 Å². The second kappa shape index (κ2) is 6.53. The zero-order valence-electron chi connectivity index (χ0n) is 13.0. The summed E-state index contributed by atoms with van der Waals surface area (Å²) < 4.78 is 5.87. The van der Waals surface area contributed by atoms with Crippen LogP contribution in [0.15, 0.2) is 29.6 Å². The molecule has 3 nitrogen and oxygen atoms in total. The molecular formula is C18H21NO2S. The normalized spacial score (nSPS) is 13.2. The summed E-state index contributed by atoms with van der Waals surface area (Å²) in [5, 5.41) is 4.89. The molecule has 0 fully saturated rings. The summed E-state index contributed by atoms with van der Waals surface area (Å²) in [5.41, 5.74) is 3.91. The zero-order valence-corrected chi connectivity index (χ0v) is 13.8. The maximum Gasteiger partial charge on any atom is 0.261 e. The topological polar surface area (TPSA) is 38.3 Å². The van der Waals surface area contributed by atoms with E-state index in [2.05, 4.69) is 17.4 Å². The molecule has 0 saturated heterocycles. The Kier molecular flexibility index (Phi) is 4.48. The van der Waals surface area contributed by atoms with Gasteiger partial charge in [-0.05, 0) is 67.8 Å². The van der Waals surface area contributed by atoms with Crippen LogP contribution in [-0.2, 0) is 19.4 Å². The standard InChI is InChI=1S/C18H21NO2S/c1-12(2)19-18(20)17-8-13(11-22-17)10-21-16-7-6-14-4-3-5-15(14)9-16/h6-9,11-12H,3-5,10H2,1-2H3,(H,19,20). The lowest BCUT2D eigenvalue weighted by Gasteiger charge is -2.07. The van der Waals surface area contributed by atoms with Crippen LogP contribution in [0.5, 0.6) is 5.75 Å². The second-order valence-electron chi connectivity index (χ2n) is 6.02. The molecule has 1 heterocycles. The van der Waals surface area contributed by atoms with Gasteiger partial charge in [-0.3, -0.25) is 4.79 Å². The van der Waals surface area contributed by atoms with Crippen molar-refractivity contribution >= 4 is 17.2 Å². The Labute approximate surface area is 135 Å². The maximum atomic E-state index is 11.9. The van der Waals surface area contributed by atoms with Gasteiger partial charge in [-0.1, -0.05) is 6.07 Å². The summed E-state index contributed by atoms with van der Waals surface area (Å²) >= 11 is 1.46. The van der Waals surface area contributed by atoms with E-state index in [0.29, 0.717) is 6.61 Å². The molecule has 0 saturated carbocycles. The number of amides is 1. The first kappa shape index (κ1) is 15.1. The fraction of sp³-hybridized carbons (Fsp3) is 0.389. The van der Waals surface area contributed by atoms with Gasteiger partial charge in [-0.15, -0.1) is 11.3 Å². The predicted octanol–water partition coefficient (Wildman–Crippen LogP) is 3.95. The number of aryl methyl sites for hydroxylation is 2. The molecule has 3 rings (SSSR count). The number of hydrogen-bond acceptors (Lipinski definition) is 3. The number of thiophene rings is 1. The second-order valence-corrected chi connectivity index (χ2v) is 6.93. The van der Waals surface area contributed by atoms with Gasteiger partial charge in [0.25, 0.3) is 5.91 Å². The summed E-state index contributed by atoms with van der Waals surface area (Å²) in [5.74, 6) is 0.906. The summed E-state index contributed by atoms with van der Waals surface area (Å²) in [6.07, 6.45) is 3.59. The van der Waals surface area contributed by atoms with Crippen molar-refractivity contribution in [2.75, 3.05) is 0 Å². The van der Waals surface area contributed by atoms with Crippen molar-refractivity contribution in [3.63, 3.8) is 0 Å². The first-order chi connectivity index (χ1) is 10.6. The average Bonchev–Trinajstić information content (AvgIpc) is 3.13. The van der Waals surface area contributed by atoms with Crippen LogP contribution in [0.2, 0.25) is 0 Å². The third kappa shape index (κ3) is 3.50. The van der Waals surface area contributed by atoms with Gasteiger partial charge in [0.1, 0.15) is 12.4 Å². The van der Waals surface area contributed by atoms with E-state index in [1.165, 1.54) is 35.3 Å². The van der Waals surface area contributed by atoms with Crippen LogP contribution in [0.25, 0.3) is 0 Å². The van der Waals surface area contributed by atoms with Gasteiger partial charge in [-0.25, -0.2) is 0 Å². The van der Waals surface area contributed by atoms with E-state index in [1.54, 1.807) is 0 Å². The Morgan fingerprint density at radius 1 is 1.27 bits per heavy atom. The first-order valence-corrected chi connectivity index (χ1v) is 8.62. The average molecular weight is 315 g/mol. The minimum Gasteiger partial charge on any atom is -0.489 e. The molecule has 0 radical (unpaired) electrons. The van der Waals surface area contributed by atoms with Crippen LogP contribution >= 0.6 is 11.3 Å². The lowest BCUT2D eigenvalue weighted by Crippen LogP contribution is -2.29. The Balaban J connectivity index is 1.60. The van der Waals surface area contributed by atoms with Crippen molar-refractivity contribution in [2.45, 2.75) is 45.8 Å². The summed E-state index contributed by atoms with van der Waals surface area (Å²) in [7, 11) is 0. The van der Waals surface area contributed by atoms with E-state index in [9.17, 15) is 4.79 Å². The monoisotopic (exact) mass is 315 g/mol. The molecule has 0 aliphatic heterocycles. The van der Waals surface area contributed by atoms with Gasteiger partial charge in [0.05, 0.1) is 4.88 Å². The highest BCUT2D eigenvalue weighted by Crippen LogP contribution is 2.26. The van der Waals surface area contributed by atoms with E-state index in [0.717, 1.165) is 22.6 Å². The third-order valence-corrected chi connectivity index (χ3v) is 4.75. The lowest BCUT2D eigenvalue weighted by atomic mass is 10.1. The third-order valence-electron chi connectivity index (χ3n) is 3.77. The quantitative estimate of drug-likeness (QED) is 0.907. The highest BCUT2D eigenvalue weighted by atomic mass is 32.1. The van der Waals surface area contributed by atoms with Gasteiger partial charge in [0.15, 0.2) is 0 Å². The Morgan fingerprint density at radius 2 is 2.09 bits per heavy atom. The van der Waals surface area contributed by atoms with E-state index >= 15 is 0 Å². The largest absolute Gasteiger partial charge is 0.489 e. The molecule has 1 aliphatic carbocycles. The van der Waals surface area contributed by atoms with Crippen molar-refractivity contribution in [1.82, 2.24) is 5.32 Å². The van der Waals surface area contributed by atoms with Gasteiger partial charge >= 0.3 is 0 Å². The van der Waals surface area contributed by atoms with Gasteiger partial charge in [0, 0.05) is 11.6 Å². The van der Waals surface area contributed by atoms with Crippen molar-refractivity contribution in [3.8, 4) is 5.75 Å². The van der Waals surface area contributed by atoms with Crippen LogP contribution in [0.4, 0.5) is 0 Å². The Morgan fingerprint density at radius 3 is 2.91 bits per heavy atom. The van der Waals surface area contributed by atoms with Crippen molar-refractivity contribution in [1.29, 1.82) is 0 Å². The summed E-state index contributed by atoms with van der Waals surface area (Å²) in [6, 6.07) is 8.44. The number of rotatable bonds is 5. The van der Waals surface area contributed by atoms with Crippen molar-refractivity contribution in [3.05, 3.63) is 51.2 Å². The highest BCUT2D eigenvalue weighted by Gasteiger charge is 2.12. The van der Waals surface area contributed by atoms with Crippen molar-refractivity contribution < 1.29 is 9.53 Å². The molecular weight excluding hydrogens is 294 g/mol. The molecule has 1 amide bonds. The van der Waals surface area contributed by atoms with Crippen LogP contribution in [0.3, 0.4) is 0 Å². The molecule has 1 aromatic heterocycles. The SMILES string of the molecule is CC(C)NC(=O)c1cc(COc2ccc3c(c2)CCC3)cs1. The fourth-order valence-corrected chi connectivity index (χ4v) is 3.51. The molecule has 116 valence electrons. The van der Waals surface area contributed by atoms with Gasteiger partial charge in [0.2, 0.25) is 0 Å². The summed E-state index contributed by atoms with van der Waals surface area (Å²) in [4.78, 5) is 12.7. The van der Waals surface area contributed by atoms with E-state index < -0.39 is 0 Å². The summed E-state index contributed by atoms with van der Waals surface area (Å²) in [6.45, 7) is 4.43. The molecule has 2 aromatic rings. The number of ether oxygens (including phenoxy) is 1. The van der Waals surface area contributed by atoms with Crippen LogP contribution < -0.4 is 10.1 Å². The van der Waals surface area contributed by atoms with Crippen LogP contribution in [0, 0.1) is 0 Å². The Hall–Kier alpha value is -1.81. The van der Waals surface area contributed by atoms with E-state index in [-0.39, 0.29) is 11.9 Å². The molecule has 1 aromatic carbocycles. The Bertz CT molecular complexity index is 675. The number of fused-ring (bicyclic) bond motifs is 1. The van der Waals surface area contributed by atoms with Crippen LogP contribution in [-0.4, -0.2) is 11.9 Å². The van der Waals surface area contributed by atoms with E-state index in [4.69, 9.17) is 4.74 Å². The number of hydrogen-bond donors (Lipinski definition) is 1. The molecule has 1 N–H and O–H groups in total. The lowest BCUT2D eigenvalue weighted by molar-refractivity contribution is 0.0947. The van der Waals surface area contributed by atoms with Gasteiger partial charge < -0.3 is 10.1 Å². The molecule has 0 spiro atoms. The minimum atomic E-state index is -0.0104. The fourth-order valence-electron chi connectivity index (χ4n) is 2.71. The molecule has 22 heavy (non-hydrogen) atoms. The van der Waals surface area contributed by atoms with E-state index in [1.807, 2.05) is 31.4 Å². The molecule has 4 heteroatoms. The van der Waals surface area contributed by atoms with Gasteiger partial charge in [-0.2, -0.15) is 0 Å². The maximum absolute atomic E-state index is 11.9. The highest BCUT2D eigenvalue weighted by molar-refractivity contribution is 7.12. The van der Waals surface area contributed by atoms with Crippen LogP contribution in [0.1, 0.15) is 46.6 Å². The molecule has 0 unspecified atom stereocenters. The minimum absolute atomic E-state index is 0.0104. The smallest absolute Gasteiger partial charge is 0.261 e. The first-order valence-electron chi connectivity index (χ1n) is 7.74.